The van der Waals surface area contributed by atoms with E-state index >= 15 is 0 Å². The van der Waals surface area contributed by atoms with Crippen LogP contribution in [-0.2, 0) is 0 Å². The summed E-state index contributed by atoms with van der Waals surface area (Å²) in [5.74, 6) is 1.45. The highest BCUT2D eigenvalue weighted by molar-refractivity contribution is 6.30. The largest absolute Gasteiger partial charge is 0.497 e. The molecule has 1 fully saturated rings. The number of H-pyrrole nitrogens is 1. The summed E-state index contributed by atoms with van der Waals surface area (Å²) in [4.78, 5) is 29.7. The molecule has 1 amide bonds. The lowest BCUT2D eigenvalue weighted by atomic mass is 9.95. The number of piperidine rings is 1. The molecule has 1 saturated heterocycles. The highest BCUT2D eigenvalue weighted by Crippen LogP contribution is 2.26. The normalized spacial score (nSPS) is 14.8. The SMILES string of the molecule is COc1ccc(-n2nc(C3CCN(C(=O)c4cccc(Cl)c4)CC3)[nH]c2=O)cc1. The number of ether oxygens (including phenoxy) is 1. The first-order valence-corrected chi connectivity index (χ1v) is 9.81. The molecule has 0 aliphatic carbocycles. The van der Waals surface area contributed by atoms with Crippen molar-refractivity contribution in [3.8, 4) is 11.4 Å². The van der Waals surface area contributed by atoms with Gasteiger partial charge in [-0.05, 0) is 55.3 Å². The monoisotopic (exact) mass is 412 g/mol. The summed E-state index contributed by atoms with van der Waals surface area (Å²) in [5, 5.41) is 5.03. The Morgan fingerprint density at radius 1 is 1.17 bits per heavy atom. The first-order valence-electron chi connectivity index (χ1n) is 9.43. The van der Waals surface area contributed by atoms with Crippen LogP contribution in [0.25, 0.3) is 5.69 Å². The van der Waals surface area contributed by atoms with Gasteiger partial charge in [0.2, 0.25) is 0 Å². The highest BCUT2D eigenvalue weighted by atomic mass is 35.5. The van der Waals surface area contributed by atoms with Gasteiger partial charge in [0.05, 0.1) is 12.8 Å². The maximum atomic E-state index is 12.7. The number of carbonyl (C=O) groups excluding carboxylic acids is 1. The minimum Gasteiger partial charge on any atom is -0.497 e. The number of amides is 1. The van der Waals surface area contributed by atoms with E-state index in [1.807, 2.05) is 4.90 Å². The highest BCUT2D eigenvalue weighted by Gasteiger charge is 2.27. The average Bonchev–Trinajstić information content (AvgIpc) is 3.15. The number of nitrogens with zero attached hydrogens (tertiary/aromatic N) is 3. The maximum absolute atomic E-state index is 12.7. The van der Waals surface area contributed by atoms with Crippen molar-refractivity contribution in [3.63, 3.8) is 0 Å². The van der Waals surface area contributed by atoms with Crippen LogP contribution in [-0.4, -0.2) is 45.8 Å². The predicted molar refractivity (Wildman–Crippen MR) is 110 cm³/mol. The van der Waals surface area contributed by atoms with Crippen molar-refractivity contribution < 1.29 is 9.53 Å². The van der Waals surface area contributed by atoms with E-state index in [1.54, 1.807) is 55.6 Å². The Morgan fingerprint density at radius 3 is 2.55 bits per heavy atom. The van der Waals surface area contributed by atoms with Crippen LogP contribution in [0.1, 0.15) is 34.9 Å². The van der Waals surface area contributed by atoms with Crippen LogP contribution in [0.2, 0.25) is 5.02 Å². The van der Waals surface area contributed by atoms with Crippen molar-refractivity contribution in [3.05, 3.63) is 75.4 Å². The summed E-state index contributed by atoms with van der Waals surface area (Å²) in [6.07, 6.45) is 1.48. The van der Waals surface area contributed by atoms with Crippen molar-refractivity contribution >= 4 is 17.5 Å². The molecule has 3 aromatic rings. The third-order valence-corrected chi connectivity index (χ3v) is 5.43. The Hall–Kier alpha value is -3.06. The molecule has 0 atom stereocenters. The first-order chi connectivity index (χ1) is 14.0. The lowest BCUT2D eigenvalue weighted by Gasteiger charge is -2.31. The molecule has 2 heterocycles. The molecule has 1 aliphatic rings. The number of hydrogen-bond donors (Lipinski definition) is 1. The van der Waals surface area contributed by atoms with Crippen LogP contribution in [0.15, 0.2) is 53.3 Å². The fourth-order valence-corrected chi connectivity index (χ4v) is 3.77. The molecule has 0 bridgehead atoms. The van der Waals surface area contributed by atoms with Gasteiger partial charge in [-0.3, -0.25) is 9.78 Å². The van der Waals surface area contributed by atoms with Crippen molar-refractivity contribution in [2.75, 3.05) is 20.2 Å². The van der Waals surface area contributed by atoms with Gasteiger partial charge in [-0.25, -0.2) is 4.79 Å². The van der Waals surface area contributed by atoms with E-state index in [4.69, 9.17) is 16.3 Å². The second-order valence-corrected chi connectivity index (χ2v) is 7.44. The average molecular weight is 413 g/mol. The molecule has 150 valence electrons. The lowest BCUT2D eigenvalue weighted by molar-refractivity contribution is 0.0711. The van der Waals surface area contributed by atoms with Gasteiger partial charge >= 0.3 is 5.69 Å². The summed E-state index contributed by atoms with van der Waals surface area (Å²) < 4.78 is 6.51. The van der Waals surface area contributed by atoms with Gasteiger partial charge in [-0.1, -0.05) is 17.7 Å². The molecule has 1 aromatic heterocycles. The van der Waals surface area contributed by atoms with Crippen LogP contribution < -0.4 is 10.4 Å². The van der Waals surface area contributed by atoms with Gasteiger partial charge in [-0.15, -0.1) is 5.10 Å². The topological polar surface area (TPSA) is 80.2 Å². The van der Waals surface area contributed by atoms with Crippen LogP contribution in [0.3, 0.4) is 0 Å². The summed E-state index contributed by atoms with van der Waals surface area (Å²) in [6, 6.07) is 14.1. The lowest BCUT2D eigenvalue weighted by Crippen LogP contribution is -2.38. The second kappa shape index (κ2) is 8.13. The molecule has 0 spiro atoms. The van der Waals surface area contributed by atoms with E-state index in [0.717, 1.165) is 12.8 Å². The number of halogens is 1. The Bertz CT molecular complexity index is 1070. The molecule has 8 heteroatoms. The third-order valence-electron chi connectivity index (χ3n) is 5.19. The minimum absolute atomic E-state index is 0.0248. The standard InChI is InChI=1S/C21H21ClN4O3/c1-29-18-7-5-17(6-8-18)26-21(28)23-19(24-26)14-9-11-25(12-10-14)20(27)15-3-2-4-16(22)13-15/h2-8,13-14H,9-12H2,1H3,(H,23,24,28). The Kier molecular flexibility index (Phi) is 5.40. The van der Waals surface area contributed by atoms with E-state index in [0.29, 0.717) is 40.9 Å². The van der Waals surface area contributed by atoms with Crippen molar-refractivity contribution in [2.45, 2.75) is 18.8 Å². The van der Waals surface area contributed by atoms with Gasteiger partial charge in [0.1, 0.15) is 11.6 Å². The van der Waals surface area contributed by atoms with Crippen LogP contribution in [0, 0.1) is 0 Å². The molecule has 1 aliphatic heterocycles. The summed E-state index contributed by atoms with van der Waals surface area (Å²) >= 11 is 5.99. The third kappa shape index (κ3) is 4.05. The minimum atomic E-state index is -0.275. The zero-order valence-electron chi connectivity index (χ0n) is 16.0. The van der Waals surface area contributed by atoms with Gasteiger partial charge in [0.25, 0.3) is 5.91 Å². The van der Waals surface area contributed by atoms with Crippen LogP contribution in [0.4, 0.5) is 0 Å². The number of methoxy groups -OCH3 is 1. The quantitative estimate of drug-likeness (QED) is 0.713. The van der Waals surface area contributed by atoms with E-state index in [-0.39, 0.29) is 17.5 Å². The Morgan fingerprint density at radius 2 is 1.90 bits per heavy atom. The number of aromatic amines is 1. The molecule has 0 unspecified atom stereocenters. The van der Waals surface area contributed by atoms with Gasteiger partial charge < -0.3 is 9.64 Å². The number of aromatic nitrogens is 3. The number of rotatable bonds is 4. The predicted octanol–water partition coefficient (Wildman–Crippen LogP) is 3.24. The van der Waals surface area contributed by atoms with Crippen molar-refractivity contribution in [2.24, 2.45) is 0 Å². The van der Waals surface area contributed by atoms with Crippen LogP contribution in [0.5, 0.6) is 5.75 Å². The molecular formula is C21H21ClN4O3. The fraction of sp³-hybridized carbons (Fsp3) is 0.286. The van der Waals surface area contributed by atoms with E-state index in [1.165, 1.54) is 4.68 Å². The van der Waals surface area contributed by atoms with E-state index in [9.17, 15) is 9.59 Å². The first kappa shape index (κ1) is 19.3. The second-order valence-electron chi connectivity index (χ2n) is 7.00. The van der Waals surface area contributed by atoms with Gasteiger partial charge in [0, 0.05) is 29.6 Å². The molecule has 7 nitrogen and oxygen atoms in total. The fourth-order valence-electron chi connectivity index (χ4n) is 3.58. The van der Waals surface area contributed by atoms with Crippen LogP contribution >= 0.6 is 11.6 Å². The molecule has 4 rings (SSSR count). The van der Waals surface area contributed by atoms with Crippen molar-refractivity contribution in [1.82, 2.24) is 19.7 Å². The zero-order chi connectivity index (χ0) is 20.4. The smallest absolute Gasteiger partial charge is 0.348 e. The zero-order valence-corrected chi connectivity index (χ0v) is 16.7. The number of likely N-dealkylation sites (tertiary alicyclic amines) is 1. The van der Waals surface area contributed by atoms with Gasteiger partial charge in [0.15, 0.2) is 0 Å². The summed E-state index contributed by atoms with van der Waals surface area (Å²) in [7, 11) is 1.59. The molecule has 2 aromatic carbocycles. The molecule has 29 heavy (non-hydrogen) atoms. The molecule has 1 N–H and O–H groups in total. The Balaban J connectivity index is 1.45. The van der Waals surface area contributed by atoms with E-state index < -0.39 is 0 Å². The van der Waals surface area contributed by atoms with Gasteiger partial charge in [-0.2, -0.15) is 4.68 Å². The number of hydrogen-bond acceptors (Lipinski definition) is 4. The molecule has 0 saturated carbocycles. The summed E-state index contributed by atoms with van der Waals surface area (Å²) in [6.45, 7) is 1.21. The summed E-state index contributed by atoms with van der Waals surface area (Å²) in [5.41, 5.74) is 0.989. The van der Waals surface area contributed by atoms with Crippen molar-refractivity contribution in [1.29, 1.82) is 0 Å². The number of nitrogens with one attached hydrogen (secondary N) is 1. The molecular weight excluding hydrogens is 392 g/mol. The maximum Gasteiger partial charge on any atom is 0.348 e. The number of benzene rings is 2. The molecule has 0 radical (unpaired) electrons. The van der Waals surface area contributed by atoms with E-state index in [2.05, 4.69) is 10.1 Å². The number of carbonyl (C=O) groups is 1. The Labute approximate surface area is 172 Å².